The highest BCUT2D eigenvalue weighted by Gasteiger charge is 2.18. The van der Waals surface area contributed by atoms with Crippen LogP contribution in [0.1, 0.15) is 5.56 Å². The Morgan fingerprint density at radius 3 is 2.56 bits per heavy atom. The summed E-state index contributed by atoms with van der Waals surface area (Å²) in [5, 5.41) is 5.99. The fourth-order valence-electron chi connectivity index (χ4n) is 2.32. The van der Waals surface area contributed by atoms with Gasteiger partial charge in [-0.1, -0.05) is 30.3 Å². The SMILES string of the molecule is Cc1ccccc1Nc1nc(-c2cccc(S(=O)(=O)N(C)C)c2)cs1. The van der Waals surface area contributed by atoms with Crippen molar-refractivity contribution in [3.8, 4) is 11.3 Å². The second kappa shape index (κ2) is 6.95. The monoisotopic (exact) mass is 373 g/mol. The van der Waals surface area contributed by atoms with Crippen LogP contribution >= 0.6 is 11.3 Å². The van der Waals surface area contributed by atoms with Crippen LogP contribution in [0.3, 0.4) is 0 Å². The summed E-state index contributed by atoms with van der Waals surface area (Å²) in [5.74, 6) is 0. The Labute approximate surface area is 152 Å². The number of anilines is 2. The van der Waals surface area contributed by atoms with E-state index in [1.807, 2.05) is 42.6 Å². The maximum absolute atomic E-state index is 12.3. The zero-order valence-electron chi connectivity index (χ0n) is 14.2. The Kier molecular flexibility index (Phi) is 4.89. The zero-order valence-corrected chi connectivity index (χ0v) is 15.9. The number of aromatic nitrogens is 1. The minimum absolute atomic E-state index is 0.261. The van der Waals surface area contributed by atoms with Crippen molar-refractivity contribution in [1.82, 2.24) is 9.29 Å². The minimum Gasteiger partial charge on any atom is -0.331 e. The Balaban J connectivity index is 1.89. The van der Waals surface area contributed by atoms with Crippen LogP contribution in [0.15, 0.2) is 58.8 Å². The third-order valence-electron chi connectivity index (χ3n) is 3.80. The average molecular weight is 374 g/mol. The van der Waals surface area contributed by atoms with Crippen molar-refractivity contribution in [2.24, 2.45) is 0 Å². The number of nitrogens with one attached hydrogen (secondary N) is 1. The summed E-state index contributed by atoms with van der Waals surface area (Å²) in [7, 11) is -0.416. The highest BCUT2D eigenvalue weighted by molar-refractivity contribution is 7.89. The van der Waals surface area contributed by atoms with Crippen LogP contribution in [0.4, 0.5) is 10.8 Å². The van der Waals surface area contributed by atoms with Crippen LogP contribution in [0, 0.1) is 6.92 Å². The van der Waals surface area contributed by atoms with Gasteiger partial charge in [-0.15, -0.1) is 11.3 Å². The van der Waals surface area contributed by atoms with Gasteiger partial charge in [0, 0.05) is 30.7 Å². The maximum Gasteiger partial charge on any atom is 0.242 e. The number of thiazole rings is 1. The molecule has 3 aromatic rings. The molecule has 25 heavy (non-hydrogen) atoms. The van der Waals surface area contributed by atoms with Crippen LogP contribution in [0.5, 0.6) is 0 Å². The molecule has 0 spiro atoms. The van der Waals surface area contributed by atoms with E-state index in [9.17, 15) is 8.42 Å². The van der Waals surface area contributed by atoms with E-state index < -0.39 is 10.0 Å². The van der Waals surface area contributed by atoms with Crippen molar-refractivity contribution < 1.29 is 8.42 Å². The van der Waals surface area contributed by atoms with Crippen molar-refractivity contribution in [1.29, 1.82) is 0 Å². The van der Waals surface area contributed by atoms with E-state index >= 15 is 0 Å². The lowest BCUT2D eigenvalue weighted by Gasteiger charge is -2.11. The van der Waals surface area contributed by atoms with Gasteiger partial charge in [0.05, 0.1) is 10.6 Å². The van der Waals surface area contributed by atoms with Crippen LogP contribution in [-0.2, 0) is 10.0 Å². The average Bonchev–Trinajstić information content (AvgIpc) is 3.05. The molecular weight excluding hydrogens is 354 g/mol. The number of aryl methyl sites for hydroxylation is 1. The Morgan fingerprint density at radius 2 is 1.84 bits per heavy atom. The van der Waals surface area contributed by atoms with E-state index in [1.54, 1.807) is 18.2 Å². The van der Waals surface area contributed by atoms with Crippen LogP contribution in [0.2, 0.25) is 0 Å². The van der Waals surface area contributed by atoms with E-state index in [4.69, 9.17) is 0 Å². The molecule has 130 valence electrons. The summed E-state index contributed by atoms with van der Waals surface area (Å²) < 4.78 is 25.8. The third-order valence-corrected chi connectivity index (χ3v) is 6.37. The standard InChI is InChI=1S/C18H19N3O2S2/c1-13-7-4-5-10-16(13)19-18-20-17(12-24-18)14-8-6-9-15(11-14)25(22,23)21(2)3/h4-12H,1-3H3,(H,19,20). The third kappa shape index (κ3) is 3.73. The molecule has 0 aliphatic heterocycles. The van der Waals surface area contributed by atoms with E-state index in [1.165, 1.54) is 29.7 Å². The summed E-state index contributed by atoms with van der Waals surface area (Å²) >= 11 is 1.49. The second-order valence-corrected chi connectivity index (χ2v) is 8.80. The van der Waals surface area contributed by atoms with Crippen LogP contribution < -0.4 is 5.32 Å². The predicted octanol–water partition coefficient (Wildman–Crippen LogP) is 4.11. The van der Waals surface area contributed by atoms with Crippen molar-refractivity contribution in [3.05, 3.63) is 59.5 Å². The minimum atomic E-state index is -3.46. The van der Waals surface area contributed by atoms with E-state index in [0.29, 0.717) is 0 Å². The molecular formula is C18H19N3O2S2. The highest BCUT2D eigenvalue weighted by Crippen LogP contribution is 2.29. The number of para-hydroxylation sites is 1. The molecule has 0 unspecified atom stereocenters. The number of rotatable bonds is 5. The molecule has 5 nitrogen and oxygen atoms in total. The normalized spacial score (nSPS) is 11.7. The molecule has 0 saturated heterocycles. The Hall–Kier alpha value is -2.22. The van der Waals surface area contributed by atoms with E-state index in [-0.39, 0.29) is 4.90 Å². The Bertz CT molecular complexity index is 995. The lowest BCUT2D eigenvalue weighted by atomic mass is 10.2. The molecule has 0 aliphatic carbocycles. The Morgan fingerprint density at radius 1 is 1.08 bits per heavy atom. The van der Waals surface area contributed by atoms with Gasteiger partial charge in [-0.25, -0.2) is 17.7 Å². The van der Waals surface area contributed by atoms with E-state index in [2.05, 4.69) is 10.3 Å². The van der Waals surface area contributed by atoms with Gasteiger partial charge in [0.2, 0.25) is 10.0 Å². The largest absolute Gasteiger partial charge is 0.331 e. The number of sulfonamides is 1. The highest BCUT2D eigenvalue weighted by atomic mass is 32.2. The maximum atomic E-state index is 12.3. The van der Waals surface area contributed by atoms with Crippen LogP contribution in [-0.4, -0.2) is 31.8 Å². The number of hydrogen-bond acceptors (Lipinski definition) is 5. The van der Waals surface area contributed by atoms with Crippen molar-refractivity contribution in [2.75, 3.05) is 19.4 Å². The summed E-state index contributed by atoms with van der Waals surface area (Å²) in [4.78, 5) is 4.84. The number of benzene rings is 2. The molecule has 2 aromatic carbocycles. The van der Waals surface area contributed by atoms with Gasteiger partial charge in [0.15, 0.2) is 5.13 Å². The van der Waals surface area contributed by atoms with Crippen molar-refractivity contribution >= 4 is 32.2 Å². The molecule has 0 atom stereocenters. The lowest BCUT2D eigenvalue weighted by Crippen LogP contribution is -2.22. The molecule has 1 N–H and O–H groups in total. The van der Waals surface area contributed by atoms with Gasteiger partial charge in [-0.3, -0.25) is 0 Å². The molecule has 7 heteroatoms. The van der Waals surface area contributed by atoms with Gasteiger partial charge in [-0.2, -0.15) is 0 Å². The molecule has 0 aliphatic rings. The zero-order chi connectivity index (χ0) is 18.0. The molecule has 0 amide bonds. The van der Waals surface area contributed by atoms with Gasteiger partial charge >= 0.3 is 0 Å². The number of nitrogens with zero attached hydrogens (tertiary/aromatic N) is 2. The first-order valence-corrected chi connectivity index (χ1v) is 10.0. The predicted molar refractivity (Wildman–Crippen MR) is 103 cm³/mol. The van der Waals surface area contributed by atoms with Gasteiger partial charge in [-0.05, 0) is 30.7 Å². The smallest absolute Gasteiger partial charge is 0.242 e. The van der Waals surface area contributed by atoms with Gasteiger partial charge in [0.1, 0.15) is 0 Å². The van der Waals surface area contributed by atoms with Gasteiger partial charge in [0.25, 0.3) is 0 Å². The first-order valence-electron chi connectivity index (χ1n) is 7.69. The van der Waals surface area contributed by atoms with Gasteiger partial charge < -0.3 is 5.32 Å². The fourth-order valence-corrected chi connectivity index (χ4v) is 4.00. The molecule has 0 saturated carbocycles. The summed E-state index contributed by atoms with van der Waals surface area (Å²) in [5.41, 5.74) is 3.67. The first kappa shape index (κ1) is 17.6. The van der Waals surface area contributed by atoms with Crippen molar-refractivity contribution in [3.63, 3.8) is 0 Å². The van der Waals surface area contributed by atoms with E-state index in [0.717, 1.165) is 27.6 Å². The lowest BCUT2D eigenvalue weighted by molar-refractivity contribution is 0.521. The van der Waals surface area contributed by atoms with Crippen LogP contribution in [0.25, 0.3) is 11.3 Å². The fraction of sp³-hybridized carbons (Fsp3) is 0.167. The topological polar surface area (TPSA) is 62.3 Å². The quantitative estimate of drug-likeness (QED) is 0.731. The summed E-state index contributed by atoms with van der Waals surface area (Å²) in [6.45, 7) is 2.03. The summed E-state index contributed by atoms with van der Waals surface area (Å²) in [6.07, 6.45) is 0. The second-order valence-electron chi connectivity index (χ2n) is 5.79. The summed E-state index contributed by atoms with van der Waals surface area (Å²) in [6, 6.07) is 14.8. The molecule has 0 bridgehead atoms. The number of hydrogen-bond donors (Lipinski definition) is 1. The molecule has 3 rings (SSSR count). The molecule has 0 radical (unpaired) electrons. The first-order chi connectivity index (χ1) is 11.9. The molecule has 1 heterocycles. The molecule has 0 fully saturated rings. The molecule has 1 aromatic heterocycles. The van der Waals surface area contributed by atoms with Crippen molar-refractivity contribution in [2.45, 2.75) is 11.8 Å².